The smallest absolute Gasteiger partial charge is 0.318 e. The van der Waals surface area contributed by atoms with Gasteiger partial charge in [-0.25, -0.2) is 4.79 Å². The van der Waals surface area contributed by atoms with Gasteiger partial charge in [0.2, 0.25) is 5.91 Å². The van der Waals surface area contributed by atoms with Crippen LogP contribution in [-0.2, 0) is 11.2 Å². The first-order valence-electron chi connectivity index (χ1n) is 12.2. The van der Waals surface area contributed by atoms with Crippen LogP contribution in [0.3, 0.4) is 0 Å². The number of hydrogen-bond donors (Lipinski definition) is 2. The first kappa shape index (κ1) is 24.7. The number of methoxy groups -OCH3 is 3. The van der Waals surface area contributed by atoms with Crippen molar-refractivity contribution in [1.82, 2.24) is 15.5 Å². The maximum atomic E-state index is 13.5. The van der Waals surface area contributed by atoms with Crippen LogP contribution in [0.4, 0.5) is 4.79 Å². The molecule has 1 saturated carbocycles. The fourth-order valence-corrected chi connectivity index (χ4v) is 5.04. The molecule has 8 nitrogen and oxygen atoms in total. The molecule has 2 N–H and O–H groups in total. The van der Waals surface area contributed by atoms with E-state index in [0.29, 0.717) is 24.5 Å². The number of benzene rings is 2. The molecule has 2 aliphatic rings. The Morgan fingerprint density at radius 2 is 1.63 bits per heavy atom. The van der Waals surface area contributed by atoms with Crippen molar-refractivity contribution in [2.24, 2.45) is 0 Å². The lowest BCUT2D eigenvalue weighted by atomic mass is 9.87. The molecule has 0 unspecified atom stereocenters. The summed E-state index contributed by atoms with van der Waals surface area (Å²) in [6.07, 6.45) is 4.94. The van der Waals surface area contributed by atoms with Gasteiger partial charge in [-0.3, -0.25) is 4.79 Å². The van der Waals surface area contributed by atoms with E-state index in [0.717, 1.165) is 48.1 Å². The van der Waals surface area contributed by atoms with E-state index in [1.165, 1.54) is 0 Å². The van der Waals surface area contributed by atoms with E-state index < -0.39 is 6.04 Å². The SMILES string of the molecule is COc1ccc([C@H]2c3cc(OC)c(OC)cc3CCN2C(=O)N[C@@H](C)C(=O)NC2CCCC2)cc1. The number of nitrogens with zero attached hydrogens (tertiary/aromatic N) is 1. The van der Waals surface area contributed by atoms with Gasteiger partial charge in [-0.15, -0.1) is 0 Å². The van der Waals surface area contributed by atoms with E-state index in [9.17, 15) is 9.59 Å². The van der Waals surface area contributed by atoms with E-state index in [2.05, 4.69) is 10.6 Å². The first-order valence-corrected chi connectivity index (χ1v) is 12.2. The minimum absolute atomic E-state index is 0.143. The summed E-state index contributed by atoms with van der Waals surface area (Å²) in [6.45, 7) is 2.23. The molecule has 4 rings (SSSR count). The van der Waals surface area contributed by atoms with Crippen molar-refractivity contribution in [1.29, 1.82) is 0 Å². The van der Waals surface area contributed by atoms with Crippen LogP contribution < -0.4 is 24.8 Å². The van der Waals surface area contributed by atoms with Crippen molar-refractivity contribution < 1.29 is 23.8 Å². The Morgan fingerprint density at radius 1 is 0.971 bits per heavy atom. The van der Waals surface area contributed by atoms with Gasteiger partial charge in [0.15, 0.2) is 11.5 Å². The molecule has 1 aliphatic carbocycles. The number of carbonyl (C=O) groups excluding carboxylic acids is 2. The number of hydrogen-bond acceptors (Lipinski definition) is 5. The van der Waals surface area contributed by atoms with Crippen LogP contribution in [0.15, 0.2) is 36.4 Å². The van der Waals surface area contributed by atoms with Gasteiger partial charge in [0.1, 0.15) is 11.8 Å². The molecule has 2 aromatic carbocycles. The third-order valence-corrected chi connectivity index (χ3v) is 7.00. The standard InChI is InChI=1S/C27H35N3O5/c1-17(26(31)29-20-7-5-6-8-20)28-27(32)30-14-13-19-15-23(34-3)24(35-4)16-22(19)25(30)18-9-11-21(33-2)12-10-18/h9-12,15-17,20,25H,5-8,13-14H2,1-4H3,(H,28,32)(H,29,31)/t17-,25-/m0/s1. The highest BCUT2D eigenvalue weighted by molar-refractivity contribution is 5.87. The van der Waals surface area contributed by atoms with Gasteiger partial charge in [0.25, 0.3) is 0 Å². The number of rotatable bonds is 7. The number of fused-ring (bicyclic) bond motifs is 1. The summed E-state index contributed by atoms with van der Waals surface area (Å²) in [4.78, 5) is 28.0. The Bertz CT molecular complexity index is 1050. The van der Waals surface area contributed by atoms with Gasteiger partial charge < -0.3 is 29.7 Å². The summed E-state index contributed by atoms with van der Waals surface area (Å²) in [5.74, 6) is 1.87. The highest BCUT2D eigenvalue weighted by Crippen LogP contribution is 2.41. The molecular formula is C27H35N3O5. The highest BCUT2D eigenvalue weighted by Gasteiger charge is 2.34. The second kappa shape index (κ2) is 10.9. The molecule has 0 saturated heterocycles. The van der Waals surface area contributed by atoms with Crippen LogP contribution in [0, 0.1) is 0 Å². The van der Waals surface area contributed by atoms with Gasteiger partial charge in [0.05, 0.1) is 27.4 Å². The molecule has 8 heteroatoms. The molecule has 188 valence electrons. The summed E-state index contributed by atoms with van der Waals surface area (Å²) in [5, 5.41) is 5.99. The monoisotopic (exact) mass is 481 g/mol. The summed E-state index contributed by atoms with van der Waals surface area (Å²) >= 11 is 0. The van der Waals surface area contributed by atoms with Crippen LogP contribution in [0.25, 0.3) is 0 Å². The van der Waals surface area contributed by atoms with Gasteiger partial charge in [-0.1, -0.05) is 25.0 Å². The summed E-state index contributed by atoms with van der Waals surface area (Å²) in [5.41, 5.74) is 3.01. The molecule has 35 heavy (non-hydrogen) atoms. The molecule has 0 spiro atoms. The van der Waals surface area contributed by atoms with E-state index in [4.69, 9.17) is 14.2 Å². The summed E-state index contributed by atoms with van der Waals surface area (Å²) in [6, 6.07) is 10.6. The van der Waals surface area contributed by atoms with E-state index in [1.54, 1.807) is 33.2 Å². The fourth-order valence-electron chi connectivity index (χ4n) is 5.04. The van der Waals surface area contributed by atoms with Crippen LogP contribution in [0.5, 0.6) is 17.2 Å². The lowest BCUT2D eigenvalue weighted by molar-refractivity contribution is -0.123. The Labute approximate surface area is 206 Å². The average Bonchev–Trinajstić information content (AvgIpc) is 3.40. The predicted octanol–water partition coefficient (Wildman–Crippen LogP) is 3.82. The zero-order valence-corrected chi connectivity index (χ0v) is 20.9. The predicted molar refractivity (Wildman–Crippen MR) is 133 cm³/mol. The summed E-state index contributed by atoms with van der Waals surface area (Å²) < 4.78 is 16.4. The van der Waals surface area contributed by atoms with Gasteiger partial charge in [-0.05, 0) is 67.1 Å². The normalized spacial score (nSPS) is 18.4. The van der Waals surface area contributed by atoms with Crippen molar-refractivity contribution in [3.05, 3.63) is 53.1 Å². The minimum Gasteiger partial charge on any atom is -0.497 e. The van der Waals surface area contributed by atoms with Crippen LogP contribution in [0.1, 0.15) is 55.3 Å². The second-order valence-corrected chi connectivity index (χ2v) is 9.19. The molecule has 1 fully saturated rings. The molecule has 2 aromatic rings. The van der Waals surface area contributed by atoms with E-state index >= 15 is 0 Å². The van der Waals surface area contributed by atoms with Crippen molar-refractivity contribution in [2.45, 2.75) is 57.2 Å². The van der Waals surface area contributed by atoms with Crippen molar-refractivity contribution in [3.8, 4) is 17.2 Å². The Balaban J connectivity index is 1.62. The quantitative estimate of drug-likeness (QED) is 0.628. The molecule has 2 atom stereocenters. The molecule has 0 radical (unpaired) electrons. The lowest BCUT2D eigenvalue weighted by Gasteiger charge is -2.38. The molecular weight excluding hydrogens is 446 g/mol. The third-order valence-electron chi connectivity index (χ3n) is 7.00. The average molecular weight is 482 g/mol. The first-order chi connectivity index (χ1) is 16.9. The van der Waals surface area contributed by atoms with Crippen LogP contribution in [0.2, 0.25) is 0 Å². The molecule has 0 aromatic heterocycles. The highest BCUT2D eigenvalue weighted by atomic mass is 16.5. The Hall–Kier alpha value is -3.42. The van der Waals surface area contributed by atoms with E-state index in [1.807, 2.05) is 36.4 Å². The number of ether oxygens (including phenoxy) is 3. The maximum absolute atomic E-state index is 13.5. The maximum Gasteiger partial charge on any atom is 0.318 e. The van der Waals surface area contributed by atoms with Gasteiger partial charge in [0, 0.05) is 12.6 Å². The number of carbonyl (C=O) groups is 2. The number of urea groups is 1. The van der Waals surface area contributed by atoms with E-state index in [-0.39, 0.29) is 24.0 Å². The zero-order valence-electron chi connectivity index (χ0n) is 20.9. The zero-order chi connectivity index (χ0) is 24.9. The largest absolute Gasteiger partial charge is 0.497 e. The molecule has 3 amide bonds. The van der Waals surface area contributed by atoms with Crippen molar-refractivity contribution in [3.63, 3.8) is 0 Å². The van der Waals surface area contributed by atoms with Crippen molar-refractivity contribution >= 4 is 11.9 Å². The summed E-state index contributed by atoms with van der Waals surface area (Å²) in [7, 11) is 4.84. The van der Waals surface area contributed by atoms with Crippen LogP contribution in [-0.4, -0.2) is 56.8 Å². The Kier molecular flexibility index (Phi) is 7.68. The van der Waals surface area contributed by atoms with Gasteiger partial charge in [-0.2, -0.15) is 0 Å². The van der Waals surface area contributed by atoms with Gasteiger partial charge >= 0.3 is 6.03 Å². The fraction of sp³-hybridized carbons (Fsp3) is 0.481. The molecule has 1 heterocycles. The number of nitrogens with one attached hydrogen (secondary N) is 2. The number of amides is 3. The molecule has 0 bridgehead atoms. The second-order valence-electron chi connectivity index (χ2n) is 9.19. The minimum atomic E-state index is -0.633. The molecule has 1 aliphatic heterocycles. The topological polar surface area (TPSA) is 89.1 Å². The third kappa shape index (κ3) is 5.31. The van der Waals surface area contributed by atoms with Crippen molar-refractivity contribution in [2.75, 3.05) is 27.9 Å². The van der Waals surface area contributed by atoms with Crippen LogP contribution >= 0.6 is 0 Å². The lowest BCUT2D eigenvalue weighted by Crippen LogP contribution is -2.53. The Morgan fingerprint density at radius 3 is 2.26 bits per heavy atom.